The molecule has 1 N–H and O–H groups in total. The molecule has 0 amide bonds. The maximum atomic E-state index is 14.0. The summed E-state index contributed by atoms with van der Waals surface area (Å²) in [6.07, 6.45) is 0. The third-order valence-corrected chi connectivity index (χ3v) is 5.41. The maximum Gasteiger partial charge on any atom is 0.190 e. The topological polar surface area (TPSA) is 56.3 Å². The van der Waals surface area contributed by atoms with Crippen LogP contribution in [-0.4, -0.2) is 24.2 Å². The number of benzene rings is 3. The van der Waals surface area contributed by atoms with Crippen molar-refractivity contribution in [2.24, 2.45) is 0 Å². The molecular weight excluding hydrogens is 401 g/mol. The number of hydrogen-bond donors (Lipinski definition) is 1. The summed E-state index contributed by atoms with van der Waals surface area (Å²) < 4.78 is 24.7. The van der Waals surface area contributed by atoms with E-state index < -0.39 is 0 Å². The number of anilines is 2. The van der Waals surface area contributed by atoms with Gasteiger partial charge < -0.3 is 14.8 Å². The summed E-state index contributed by atoms with van der Waals surface area (Å²) in [4.78, 5) is 9.32. The van der Waals surface area contributed by atoms with Gasteiger partial charge in [0.05, 0.1) is 19.7 Å². The monoisotopic (exact) mass is 421 g/mol. The summed E-state index contributed by atoms with van der Waals surface area (Å²) in [6.45, 7) is 0. The molecule has 0 radical (unpaired) electrons. The molecule has 1 aromatic heterocycles. The largest absolute Gasteiger partial charge is 0.497 e. The number of hydrogen-bond acceptors (Lipinski definition) is 6. The summed E-state index contributed by atoms with van der Waals surface area (Å²) in [5.41, 5.74) is 2.20. The number of ether oxygens (including phenoxy) is 2. The second-order valence-corrected chi connectivity index (χ2v) is 7.42. The lowest BCUT2D eigenvalue weighted by atomic mass is 10.2. The van der Waals surface area contributed by atoms with Crippen LogP contribution in [0.4, 0.5) is 15.9 Å². The van der Waals surface area contributed by atoms with Gasteiger partial charge in [-0.1, -0.05) is 42.1 Å². The zero-order chi connectivity index (χ0) is 20.9. The molecule has 4 rings (SSSR count). The van der Waals surface area contributed by atoms with Gasteiger partial charge in [-0.25, -0.2) is 14.4 Å². The zero-order valence-corrected chi connectivity index (χ0v) is 17.4. The first-order valence-corrected chi connectivity index (χ1v) is 10.3. The van der Waals surface area contributed by atoms with Gasteiger partial charge in [-0.05, 0) is 23.8 Å². The number of nitrogens with zero attached hydrogens (tertiary/aromatic N) is 2. The number of thioether (sulfide) groups is 1. The molecule has 0 aliphatic rings. The Balaban J connectivity index is 1.68. The third-order valence-electron chi connectivity index (χ3n) is 4.51. The fourth-order valence-electron chi connectivity index (χ4n) is 2.99. The Hall–Kier alpha value is -3.32. The van der Waals surface area contributed by atoms with Crippen molar-refractivity contribution >= 4 is 34.2 Å². The van der Waals surface area contributed by atoms with E-state index in [0.717, 1.165) is 16.6 Å². The van der Waals surface area contributed by atoms with Crippen molar-refractivity contribution in [3.05, 3.63) is 78.1 Å². The van der Waals surface area contributed by atoms with Crippen LogP contribution in [0.2, 0.25) is 0 Å². The van der Waals surface area contributed by atoms with Gasteiger partial charge >= 0.3 is 0 Å². The van der Waals surface area contributed by atoms with Crippen LogP contribution in [-0.2, 0) is 5.75 Å². The highest BCUT2D eigenvalue weighted by molar-refractivity contribution is 7.98. The Kier molecular flexibility index (Phi) is 5.99. The molecule has 7 heteroatoms. The Morgan fingerprint density at radius 1 is 0.900 bits per heavy atom. The molecule has 0 atom stereocenters. The normalized spacial score (nSPS) is 10.8. The number of para-hydroxylation sites is 1. The van der Waals surface area contributed by atoms with Gasteiger partial charge in [0.2, 0.25) is 0 Å². The van der Waals surface area contributed by atoms with E-state index in [2.05, 4.69) is 15.3 Å². The van der Waals surface area contributed by atoms with Gasteiger partial charge in [0.25, 0.3) is 0 Å². The van der Waals surface area contributed by atoms with Crippen LogP contribution in [0.3, 0.4) is 0 Å². The summed E-state index contributed by atoms with van der Waals surface area (Å²) in [6, 6.07) is 20.0. The van der Waals surface area contributed by atoms with Crippen LogP contribution in [0.1, 0.15) is 5.56 Å². The van der Waals surface area contributed by atoms with Crippen LogP contribution in [0.25, 0.3) is 10.9 Å². The van der Waals surface area contributed by atoms with Crippen LogP contribution in [0.5, 0.6) is 11.5 Å². The van der Waals surface area contributed by atoms with Crippen molar-refractivity contribution in [1.82, 2.24) is 9.97 Å². The van der Waals surface area contributed by atoms with Gasteiger partial charge in [0, 0.05) is 35.0 Å². The lowest BCUT2D eigenvalue weighted by Gasteiger charge is -2.13. The summed E-state index contributed by atoms with van der Waals surface area (Å²) in [5, 5.41) is 4.80. The number of halogens is 1. The molecule has 30 heavy (non-hydrogen) atoms. The standard InChI is InChI=1S/C23H20FN3O2S/c1-28-17-11-16(12-18(13-17)29-2)25-22-19-8-4-6-10-21(19)26-23(27-22)30-14-15-7-3-5-9-20(15)24/h3-13H,14H2,1-2H3,(H,25,26,27). The molecule has 1 heterocycles. The van der Waals surface area contributed by atoms with Crippen molar-refractivity contribution in [1.29, 1.82) is 0 Å². The van der Waals surface area contributed by atoms with E-state index in [1.807, 2.05) is 42.5 Å². The van der Waals surface area contributed by atoms with E-state index in [-0.39, 0.29) is 5.82 Å². The van der Waals surface area contributed by atoms with Crippen LogP contribution in [0, 0.1) is 5.82 Å². The molecule has 5 nitrogen and oxygen atoms in total. The SMILES string of the molecule is COc1cc(Nc2nc(SCc3ccccc3F)nc3ccccc23)cc(OC)c1. The van der Waals surface area contributed by atoms with Crippen molar-refractivity contribution in [2.45, 2.75) is 10.9 Å². The molecule has 0 unspecified atom stereocenters. The molecule has 0 bridgehead atoms. The Morgan fingerprint density at radius 3 is 2.33 bits per heavy atom. The maximum absolute atomic E-state index is 14.0. The van der Waals surface area contributed by atoms with Crippen molar-refractivity contribution in [3.8, 4) is 11.5 Å². The number of rotatable bonds is 7. The molecular formula is C23H20FN3O2S. The average Bonchev–Trinajstić information content (AvgIpc) is 2.78. The highest BCUT2D eigenvalue weighted by atomic mass is 32.2. The van der Waals surface area contributed by atoms with E-state index >= 15 is 0 Å². The quantitative estimate of drug-likeness (QED) is 0.300. The molecule has 0 saturated carbocycles. The van der Waals surface area contributed by atoms with Gasteiger partial charge in [-0.15, -0.1) is 0 Å². The first-order valence-electron chi connectivity index (χ1n) is 9.29. The first-order chi connectivity index (χ1) is 14.7. The molecule has 0 aliphatic heterocycles. The van der Waals surface area contributed by atoms with E-state index in [1.165, 1.54) is 17.8 Å². The second-order valence-electron chi connectivity index (χ2n) is 6.48. The van der Waals surface area contributed by atoms with Gasteiger partial charge in [0.15, 0.2) is 5.16 Å². The lowest BCUT2D eigenvalue weighted by Crippen LogP contribution is -2.00. The minimum Gasteiger partial charge on any atom is -0.497 e. The molecule has 3 aromatic carbocycles. The summed E-state index contributed by atoms with van der Waals surface area (Å²) in [7, 11) is 3.21. The van der Waals surface area contributed by atoms with Crippen LogP contribution < -0.4 is 14.8 Å². The van der Waals surface area contributed by atoms with Gasteiger partial charge in [-0.2, -0.15) is 0 Å². The van der Waals surface area contributed by atoms with Crippen molar-refractivity contribution in [3.63, 3.8) is 0 Å². The number of fused-ring (bicyclic) bond motifs is 1. The number of nitrogens with one attached hydrogen (secondary N) is 1. The van der Waals surface area contributed by atoms with E-state index in [4.69, 9.17) is 9.47 Å². The van der Waals surface area contributed by atoms with E-state index in [9.17, 15) is 4.39 Å². The Labute approximate surface area is 178 Å². The molecule has 0 saturated heterocycles. The van der Waals surface area contributed by atoms with Crippen LogP contribution >= 0.6 is 11.8 Å². The molecule has 4 aromatic rings. The van der Waals surface area contributed by atoms with E-state index in [1.54, 1.807) is 32.4 Å². The summed E-state index contributed by atoms with van der Waals surface area (Å²) >= 11 is 1.39. The van der Waals surface area contributed by atoms with Crippen molar-refractivity contribution < 1.29 is 13.9 Å². The molecule has 0 fully saturated rings. The zero-order valence-electron chi connectivity index (χ0n) is 16.6. The molecule has 152 valence electrons. The lowest BCUT2D eigenvalue weighted by molar-refractivity contribution is 0.395. The Bertz CT molecular complexity index is 1160. The van der Waals surface area contributed by atoms with Crippen LogP contribution in [0.15, 0.2) is 71.9 Å². The number of aromatic nitrogens is 2. The average molecular weight is 421 g/mol. The minimum absolute atomic E-state index is 0.229. The van der Waals surface area contributed by atoms with E-state index in [0.29, 0.717) is 33.8 Å². The predicted octanol–water partition coefficient (Wildman–Crippen LogP) is 5.82. The fourth-order valence-corrected chi connectivity index (χ4v) is 3.83. The minimum atomic E-state index is -0.229. The summed E-state index contributed by atoms with van der Waals surface area (Å²) in [5.74, 6) is 2.21. The van der Waals surface area contributed by atoms with Gasteiger partial charge in [-0.3, -0.25) is 0 Å². The fraction of sp³-hybridized carbons (Fsp3) is 0.130. The first kappa shape index (κ1) is 20.0. The Morgan fingerprint density at radius 2 is 1.60 bits per heavy atom. The second kappa shape index (κ2) is 9.00. The van der Waals surface area contributed by atoms with Gasteiger partial charge in [0.1, 0.15) is 23.1 Å². The molecule has 0 aliphatic carbocycles. The molecule has 0 spiro atoms. The number of methoxy groups -OCH3 is 2. The smallest absolute Gasteiger partial charge is 0.190 e. The predicted molar refractivity (Wildman–Crippen MR) is 118 cm³/mol. The highest BCUT2D eigenvalue weighted by Gasteiger charge is 2.11. The van der Waals surface area contributed by atoms with Crippen molar-refractivity contribution in [2.75, 3.05) is 19.5 Å². The third kappa shape index (κ3) is 4.46. The highest BCUT2D eigenvalue weighted by Crippen LogP contribution is 2.32.